The van der Waals surface area contributed by atoms with Crippen LogP contribution in [0.3, 0.4) is 0 Å². The first-order chi connectivity index (χ1) is 8.13. The van der Waals surface area contributed by atoms with Crippen LogP contribution in [0, 0.1) is 22.7 Å². The Kier molecular flexibility index (Phi) is 4.14. The second kappa shape index (κ2) is 5.58. The van der Waals surface area contributed by atoms with Gasteiger partial charge in [0.2, 0.25) is 0 Å². The van der Waals surface area contributed by atoms with Crippen molar-refractivity contribution in [2.45, 2.75) is 19.8 Å². The minimum atomic E-state index is -0.412. The highest BCUT2D eigenvalue weighted by atomic mass is 16.1. The van der Waals surface area contributed by atoms with Crippen LogP contribution in [0.4, 0.5) is 0 Å². The molecule has 0 fully saturated rings. The average molecular weight is 226 g/mol. The molecule has 0 aliphatic carbocycles. The first kappa shape index (κ1) is 12.6. The van der Waals surface area contributed by atoms with Gasteiger partial charge in [-0.15, -0.1) is 0 Å². The summed E-state index contributed by atoms with van der Waals surface area (Å²) in [7, 11) is 0. The molecule has 1 aromatic carbocycles. The molecule has 17 heavy (non-hydrogen) atoms. The fourth-order valence-electron chi connectivity index (χ4n) is 1.40. The Hall–Kier alpha value is -2.46. The number of benzene rings is 1. The third-order valence-corrected chi connectivity index (χ3v) is 2.35. The Bertz CT molecular complexity index is 548. The van der Waals surface area contributed by atoms with E-state index in [9.17, 15) is 9.59 Å². The van der Waals surface area contributed by atoms with Crippen LogP contribution in [0.2, 0.25) is 0 Å². The fourth-order valence-corrected chi connectivity index (χ4v) is 1.40. The predicted octanol–water partition coefficient (Wildman–Crippen LogP) is 1.98. The molecule has 0 heterocycles. The van der Waals surface area contributed by atoms with Crippen molar-refractivity contribution in [3.8, 4) is 12.1 Å². The van der Waals surface area contributed by atoms with E-state index in [0.717, 1.165) is 0 Å². The number of hydrogen-bond acceptors (Lipinski definition) is 4. The molecule has 0 aliphatic heterocycles. The second-order valence-electron chi connectivity index (χ2n) is 3.44. The molecule has 0 atom stereocenters. The lowest BCUT2D eigenvalue weighted by Crippen LogP contribution is -2.09. The van der Waals surface area contributed by atoms with E-state index in [2.05, 4.69) is 0 Å². The van der Waals surface area contributed by atoms with E-state index >= 15 is 0 Å². The second-order valence-corrected chi connectivity index (χ2v) is 3.44. The number of Topliss-reactive ketones (excluding diaryl/α,β-unsaturated/α-hetero) is 2. The number of rotatable bonds is 4. The van der Waals surface area contributed by atoms with E-state index in [4.69, 9.17) is 10.5 Å². The van der Waals surface area contributed by atoms with Gasteiger partial charge in [-0.1, -0.05) is 13.0 Å². The summed E-state index contributed by atoms with van der Waals surface area (Å²) in [6.07, 6.45) is 0.0611. The molecule has 0 aliphatic rings. The van der Waals surface area contributed by atoms with Gasteiger partial charge in [0.25, 0.3) is 0 Å². The summed E-state index contributed by atoms with van der Waals surface area (Å²) in [6.45, 7) is 1.67. The summed E-state index contributed by atoms with van der Waals surface area (Å²) in [6, 6.07) is 8.15. The van der Waals surface area contributed by atoms with Crippen molar-refractivity contribution in [3.63, 3.8) is 0 Å². The molecule has 0 bridgehead atoms. The lowest BCUT2D eigenvalue weighted by Gasteiger charge is -2.03. The maximum Gasteiger partial charge on any atom is 0.171 e. The lowest BCUT2D eigenvalue weighted by molar-refractivity contribution is -0.117. The standard InChI is InChI=1S/C13H10N2O2/c1-2-10(16)6-13(17)11-5-3-4-9(7-14)12(11)8-15/h3-5H,2,6H2,1H3. The van der Waals surface area contributed by atoms with Crippen LogP contribution in [0.25, 0.3) is 0 Å². The van der Waals surface area contributed by atoms with Crippen LogP contribution < -0.4 is 0 Å². The summed E-state index contributed by atoms with van der Waals surface area (Å²) >= 11 is 0. The number of hydrogen-bond donors (Lipinski definition) is 0. The van der Waals surface area contributed by atoms with Crippen molar-refractivity contribution in [2.75, 3.05) is 0 Å². The molecule has 1 aromatic rings. The van der Waals surface area contributed by atoms with Crippen LogP contribution >= 0.6 is 0 Å². The van der Waals surface area contributed by atoms with E-state index in [1.54, 1.807) is 6.92 Å². The van der Waals surface area contributed by atoms with E-state index < -0.39 is 5.78 Å². The van der Waals surface area contributed by atoms with Gasteiger partial charge in [0.1, 0.15) is 17.9 Å². The minimum absolute atomic E-state index is 0.0453. The van der Waals surface area contributed by atoms with Gasteiger partial charge in [0.05, 0.1) is 17.5 Å². The van der Waals surface area contributed by atoms with E-state index in [0.29, 0.717) is 0 Å². The van der Waals surface area contributed by atoms with Crippen molar-refractivity contribution >= 4 is 11.6 Å². The van der Waals surface area contributed by atoms with Crippen LogP contribution in [-0.4, -0.2) is 11.6 Å². The van der Waals surface area contributed by atoms with Crippen LogP contribution in [0.5, 0.6) is 0 Å². The van der Waals surface area contributed by atoms with Crippen LogP contribution in [0.1, 0.15) is 41.3 Å². The maximum absolute atomic E-state index is 11.8. The maximum atomic E-state index is 11.8. The Morgan fingerprint density at radius 3 is 2.47 bits per heavy atom. The highest BCUT2D eigenvalue weighted by Crippen LogP contribution is 2.15. The predicted molar refractivity (Wildman–Crippen MR) is 60.1 cm³/mol. The molecule has 0 saturated carbocycles. The normalized spacial score (nSPS) is 9.12. The number of carbonyl (C=O) groups is 2. The molecule has 0 amide bonds. The number of nitriles is 2. The third-order valence-electron chi connectivity index (χ3n) is 2.35. The Balaban J connectivity index is 3.16. The number of carbonyl (C=O) groups excluding carboxylic acids is 2. The zero-order valence-electron chi connectivity index (χ0n) is 9.36. The van der Waals surface area contributed by atoms with Crippen molar-refractivity contribution in [2.24, 2.45) is 0 Å². The van der Waals surface area contributed by atoms with E-state index in [1.165, 1.54) is 18.2 Å². The molecule has 0 saturated heterocycles. The van der Waals surface area contributed by atoms with Gasteiger partial charge >= 0.3 is 0 Å². The summed E-state index contributed by atoms with van der Waals surface area (Å²) in [4.78, 5) is 23.0. The van der Waals surface area contributed by atoms with Crippen molar-refractivity contribution in [1.82, 2.24) is 0 Å². The fraction of sp³-hybridized carbons (Fsp3) is 0.231. The Morgan fingerprint density at radius 2 is 1.94 bits per heavy atom. The van der Waals surface area contributed by atoms with Gasteiger partial charge in [-0.05, 0) is 12.1 Å². The van der Waals surface area contributed by atoms with Crippen molar-refractivity contribution in [3.05, 3.63) is 34.9 Å². The molecular formula is C13H10N2O2. The molecule has 4 heteroatoms. The highest BCUT2D eigenvalue weighted by molar-refractivity contribution is 6.09. The summed E-state index contributed by atoms with van der Waals surface area (Å²) in [5.74, 6) is -0.591. The molecule has 4 nitrogen and oxygen atoms in total. The topological polar surface area (TPSA) is 81.7 Å². The summed E-state index contributed by atoms with van der Waals surface area (Å²) < 4.78 is 0. The highest BCUT2D eigenvalue weighted by Gasteiger charge is 2.16. The van der Waals surface area contributed by atoms with Gasteiger partial charge in [0, 0.05) is 12.0 Å². The molecule has 0 aromatic heterocycles. The molecular weight excluding hydrogens is 216 g/mol. The zero-order chi connectivity index (χ0) is 12.8. The molecule has 0 spiro atoms. The lowest BCUT2D eigenvalue weighted by atomic mass is 9.97. The van der Waals surface area contributed by atoms with Crippen molar-refractivity contribution in [1.29, 1.82) is 10.5 Å². The SMILES string of the molecule is CCC(=O)CC(=O)c1cccc(C#N)c1C#N. The van der Waals surface area contributed by atoms with Gasteiger partial charge in [-0.25, -0.2) is 0 Å². The van der Waals surface area contributed by atoms with Gasteiger partial charge in [-0.3, -0.25) is 9.59 Å². The number of nitrogens with zero attached hydrogens (tertiary/aromatic N) is 2. The smallest absolute Gasteiger partial charge is 0.171 e. The summed E-state index contributed by atoms with van der Waals surface area (Å²) in [5.41, 5.74) is 0.347. The molecule has 1 rings (SSSR count). The van der Waals surface area contributed by atoms with Gasteiger partial charge < -0.3 is 0 Å². The third kappa shape index (κ3) is 2.76. The first-order valence-corrected chi connectivity index (χ1v) is 5.12. The monoisotopic (exact) mass is 226 g/mol. The summed E-state index contributed by atoms with van der Waals surface area (Å²) in [5, 5.41) is 17.7. The van der Waals surface area contributed by atoms with Gasteiger partial charge in [0.15, 0.2) is 5.78 Å². The van der Waals surface area contributed by atoms with Crippen LogP contribution in [0.15, 0.2) is 18.2 Å². The van der Waals surface area contributed by atoms with Crippen molar-refractivity contribution < 1.29 is 9.59 Å². The molecule has 84 valence electrons. The minimum Gasteiger partial charge on any atom is -0.299 e. The zero-order valence-corrected chi connectivity index (χ0v) is 9.36. The van der Waals surface area contributed by atoms with Gasteiger partial charge in [-0.2, -0.15) is 10.5 Å². The largest absolute Gasteiger partial charge is 0.299 e. The van der Waals surface area contributed by atoms with Crippen LogP contribution in [-0.2, 0) is 4.79 Å². The quantitative estimate of drug-likeness (QED) is 0.580. The Labute approximate surface area is 99.1 Å². The first-order valence-electron chi connectivity index (χ1n) is 5.12. The van der Waals surface area contributed by atoms with E-state index in [1.807, 2.05) is 12.1 Å². The molecule has 0 radical (unpaired) electrons. The molecule has 0 N–H and O–H groups in total. The molecule has 0 unspecified atom stereocenters. The number of ketones is 2. The Morgan fingerprint density at radius 1 is 1.24 bits per heavy atom. The van der Waals surface area contributed by atoms with E-state index in [-0.39, 0.29) is 35.3 Å². The average Bonchev–Trinajstić information content (AvgIpc) is 2.37.